The zero-order valence-corrected chi connectivity index (χ0v) is 13.8. The maximum absolute atomic E-state index is 5.81. The predicted octanol–water partition coefficient (Wildman–Crippen LogP) is 2.19. The zero-order chi connectivity index (χ0) is 15.4. The van der Waals surface area contributed by atoms with Gasteiger partial charge < -0.3 is 9.64 Å². The molecule has 1 aromatic heterocycles. The van der Waals surface area contributed by atoms with Crippen molar-refractivity contribution in [3.63, 3.8) is 0 Å². The van der Waals surface area contributed by atoms with Crippen molar-refractivity contribution in [2.24, 2.45) is 5.92 Å². The summed E-state index contributed by atoms with van der Waals surface area (Å²) in [7, 11) is 0. The molecule has 0 radical (unpaired) electrons. The first-order valence-electron chi connectivity index (χ1n) is 8.59. The molecule has 2 fully saturated rings. The normalized spacial score (nSPS) is 28.0. The third kappa shape index (κ3) is 4.17. The minimum Gasteiger partial charge on any atom is -0.373 e. The van der Waals surface area contributed by atoms with E-state index in [-0.39, 0.29) is 0 Å². The highest BCUT2D eigenvalue weighted by molar-refractivity contribution is 5.35. The van der Waals surface area contributed by atoms with Gasteiger partial charge in [-0.2, -0.15) is 0 Å². The van der Waals surface area contributed by atoms with E-state index in [0.29, 0.717) is 12.2 Å². The van der Waals surface area contributed by atoms with E-state index >= 15 is 0 Å². The van der Waals surface area contributed by atoms with Gasteiger partial charge in [-0.25, -0.2) is 4.98 Å². The van der Waals surface area contributed by atoms with E-state index in [9.17, 15) is 0 Å². The molecule has 22 heavy (non-hydrogen) atoms. The van der Waals surface area contributed by atoms with Gasteiger partial charge in [0, 0.05) is 38.6 Å². The average Bonchev–Trinajstić information content (AvgIpc) is 2.53. The highest BCUT2D eigenvalue weighted by Gasteiger charge is 2.24. The molecule has 3 rings (SSSR count). The maximum atomic E-state index is 5.81. The lowest BCUT2D eigenvalue weighted by Crippen LogP contribution is -2.46. The number of ether oxygens (including phenoxy) is 1. The molecule has 2 unspecified atom stereocenters. The topological polar surface area (TPSA) is 41.5 Å². The molecule has 1 aromatic rings. The van der Waals surface area contributed by atoms with Crippen LogP contribution in [0.5, 0.6) is 0 Å². The lowest BCUT2D eigenvalue weighted by Gasteiger charge is -2.37. The van der Waals surface area contributed by atoms with Gasteiger partial charge >= 0.3 is 0 Å². The molecule has 0 amide bonds. The minimum atomic E-state index is 0.377. The van der Waals surface area contributed by atoms with Gasteiger partial charge in [0.2, 0.25) is 0 Å². The molecule has 2 aliphatic heterocycles. The molecule has 0 aliphatic carbocycles. The first-order chi connectivity index (χ1) is 10.7. The van der Waals surface area contributed by atoms with Gasteiger partial charge in [0.15, 0.2) is 0 Å². The van der Waals surface area contributed by atoms with Crippen molar-refractivity contribution >= 4 is 5.82 Å². The fraction of sp³-hybridized carbons (Fsp3) is 0.765. The lowest BCUT2D eigenvalue weighted by molar-refractivity contribution is -0.0690. The van der Waals surface area contributed by atoms with Crippen LogP contribution in [0.25, 0.3) is 0 Å². The van der Waals surface area contributed by atoms with E-state index in [0.717, 1.165) is 37.9 Å². The van der Waals surface area contributed by atoms with Crippen LogP contribution in [0.3, 0.4) is 0 Å². The maximum Gasteiger partial charge on any atom is 0.147 e. The van der Waals surface area contributed by atoms with Crippen LogP contribution in [-0.4, -0.2) is 59.8 Å². The molecule has 2 saturated heterocycles. The standard InChI is InChI=1S/C17H28N4O/c1-14-12-20(13-15(2)22-14)8-3-16-4-9-21(10-5-16)17-11-18-6-7-19-17/h6-7,11,14-16H,3-5,8-10,12-13H2,1-2H3. The Hall–Kier alpha value is -1.20. The highest BCUT2D eigenvalue weighted by Crippen LogP contribution is 2.24. The fourth-order valence-electron chi connectivity index (χ4n) is 3.74. The number of piperidine rings is 1. The van der Waals surface area contributed by atoms with Crippen LogP contribution in [0.1, 0.15) is 33.1 Å². The lowest BCUT2D eigenvalue weighted by atomic mass is 9.93. The summed E-state index contributed by atoms with van der Waals surface area (Å²) in [6.45, 7) is 9.97. The van der Waals surface area contributed by atoms with E-state index in [4.69, 9.17) is 4.74 Å². The third-order valence-corrected chi connectivity index (χ3v) is 4.84. The zero-order valence-electron chi connectivity index (χ0n) is 13.8. The van der Waals surface area contributed by atoms with Crippen LogP contribution in [0.4, 0.5) is 5.82 Å². The Labute approximate surface area is 133 Å². The van der Waals surface area contributed by atoms with E-state index in [1.807, 2.05) is 6.20 Å². The Morgan fingerprint density at radius 3 is 2.50 bits per heavy atom. The summed E-state index contributed by atoms with van der Waals surface area (Å²) < 4.78 is 5.81. The van der Waals surface area contributed by atoms with Crippen molar-refractivity contribution in [2.45, 2.75) is 45.3 Å². The summed E-state index contributed by atoms with van der Waals surface area (Å²) in [4.78, 5) is 13.5. The molecule has 0 N–H and O–H groups in total. The molecule has 0 spiro atoms. The summed E-state index contributed by atoms with van der Waals surface area (Å²) in [6.07, 6.45) is 10.00. The Morgan fingerprint density at radius 2 is 1.86 bits per heavy atom. The molecule has 3 heterocycles. The molecule has 122 valence electrons. The average molecular weight is 304 g/mol. The van der Waals surface area contributed by atoms with Crippen LogP contribution in [0.2, 0.25) is 0 Å². The van der Waals surface area contributed by atoms with Crippen molar-refractivity contribution in [3.05, 3.63) is 18.6 Å². The number of nitrogens with zero attached hydrogens (tertiary/aromatic N) is 4. The van der Waals surface area contributed by atoms with Crippen LogP contribution in [-0.2, 0) is 4.74 Å². The van der Waals surface area contributed by atoms with E-state index in [1.54, 1.807) is 12.4 Å². The molecule has 0 bridgehead atoms. The van der Waals surface area contributed by atoms with Gasteiger partial charge in [0.25, 0.3) is 0 Å². The number of rotatable bonds is 4. The largest absolute Gasteiger partial charge is 0.373 e. The smallest absolute Gasteiger partial charge is 0.147 e. The van der Waals surface area contributed by atoms with Gasteiger partial charge in [0.05, 0.1) is 18.4 Å². The van der Waals surface area contributed by atoms with Crippen molar-refractivity contribution in [3.8, 4) is 0 Å². The third-order valence-electron chi connectivity index (χ3n) is 4.84. The van der Waals surface area contributed by atoms with Gasteiger partial charge in [-0.3, -0.25) is 9.88 Å². The second-order valence-corrected chi connectivity index (χ2v) is 6.80. The number of hydrogen-bond acceptors (Lipinski definition) is 5. The second kappa shape index (κ2) is 7.38. The number of morpholine rings is 1. The predicted molar refractivity (Wildman–Crippen MR) is 88.0 cm³/mol. The van der Waals surface area contributed by atoms with Crippen LogP contribution < -0.4 is 4.90 Å². The Balaban J connectivity index is 1.41. The molecule has 5 nitrogen and oxygen atoms in total. The number of aromatic nitrogens is 2. The Kier molecular flexibility index (Phi) is 5.26. The highest BCUT2D eigenvalue weighted by atomic mass is 16.5. The van der Waals surface area contributed by atoms with Gasteiger partial charge in [-0.05, 0) is 45.6 Å². The molecule has 0 aromatic carbocycles. The quantitative estimate of drug-likeness (QED) is 0.853. The van der Waals surface area contributed by atoms with Crippen molar-refractivity contribution in [1.29, 1.82) is 0 Å². The van der Waals surface area contributed by atoms with E-state index in [2.05, 4.69) is 33.6 Å². The van der Waals surface area contributed by atoms with Crippen molar-refractivity contribution in [2.75, 3.05) is 37.6 Å². The summed E-state index contributed by atoms with van der Waals surface area (Å²) in [6, 6.07) is 0. The minimum absolute atomic E-state index is 0.377. The second-order valence-electron chi connectivity index (χ2n) is 6.80. The SMILES string of the molecule is CC1CN(CCC2CCN(c3cnccn3)CC2)CC(C)O1. The molecular formula is C17H28N4O. The monoisotopic (exact) mass is 304 g/mol. The van der Waals surface area contributed by atoms with Crippen molar-refractivity contribution in [1.82, 2.24) is 14.9 Å². The van der Waals surface area contributed by atoms with Crippen LogP contribution >= 0.6 is 0 Å². The summed E-state index contributed by atoms with van der Waals surface area (Å²) in [5.74, 6) is 1.87. The molecule has 0 saturated carbocycles. The van der Waals surface area contributed by atoms with E-state index < -0.39 is 0 Å². The molecule has 5 heteroatoms. The fourth-order valence-corrected chi connectivity index (χ4v) is 3.74. The van der Waals surface area contributed by atoms with Crippen LogP contribution in [0, 0.1) is 5.92 Å². The number of anilines is 1. The number of hydrogen-bond donors (Lipinski definition) is 0. The molecular weight excluding hydrogens is 276 g/mol. The summed E-state index contributed by atoms with van der Waals surface area (Å²) >= 11 is 0. The Bertz CT molecular complexity index is 437. The molecule has 2 aliphatic rings. The summed E-state index contributed by atoms with van der Waals surface area (Å²) in [5.41, 5.74) is 0. The van der Waals surface area contributed by atoms with Gasteiger partial charge in [-0.15, -0.1) is 0 Å². The van der Waals surface area contributed by atoms with Crippen LogP contribution in [0.15, 0.2) is 18.6 Å². The van der Waals surface area contributed by atoms with Gasteiger partial charge in [0.1, 0.15) is 5.82 Å². The first-order valence-corrected chi connectivity index (χ1v) is 8.59. The Morgan fingerprint density at radius 1 is 1.14 bits per heavy atom. The summed E-state index contributed by atoms with van der Waals surface area (Å²) in [5, 5.41) is 0. The van der Waals surface area contributed by atoms with Gasteiger partial charge in [-0.1, -0.05) is 0 Å². The van der Waals surface area contributed by atoms with E-state index in [1.165, 1.54) is 25.8 Å². The van der Waals surface area contributed by atoms with Crippen molar-refractivity contribution < 1.29 is 4.74 Å². The first kappa shape index (κ1) is 15.7. The molecule has 2 atom stereocenters.